The Bertz CT molecular complexity index is 838. The highest BCUT2D eigenvalue weighted by atomic mass is 16.6. The first kappa shape index (κ1) is 18.0. The molecule has 2 aromatic rings. The van der Waals surface area contributed by atoms with E-state index >= 15 is 0 Å². The Hall–Kier alpha value is -3.34. The van der Waals surface area contributed by atoms with Gasteiger partial charge in [-0.15, -0.1) is 0 Å². The molecule has 1 aromatic carbocycles. The molecule has 2 aliphatic rings. The molecule has 3 heterocycles. The van der Waals surface area contributed by atoms with Crippen LogP contribution < -0.4 is 15.0 Å². The van der Waals surface area contributed by atoms with Gasteiger partial charge in [0.2, 0.25) is 0 Å². The van der Waals surface area contributed by atoms with Crippen molar-refractivity contribution in [2.75, 3.05) is 43.1 Å². The molecule has 0 aliphatic carbocycles. The molecular weight excluding hydrogens is 370 g/mol. The summed E-state index contributed by atoms with van der Waals surface area (Å²) in [7, 11) is 0. The van der Waals surface area contributed by atoms with Crippen LogP contribution in [-0.2, 0) is 16.0 Å². The summed E-state index contributed by atoms with van der Waals surface area (Å²) in [6, 6.07) is 7.65. The number of nitro groups is 1. The molecule has 11 heteroatoms. The van der Waals surface area contributed by atoms with Crippen LogP contribution in [-0.4, -0.2) is 59.6 Å². The fourth-order valence-electron chi connectivity index (χ4n) is 3.09. The Labute approximate surface area is 159 Å². The minimum absolute atomic E-state index is 0.00878. The largest absolute Gasteiger partial charge is 0.445 e. The number of carbonyl (C=O) groups is 1. The third kappa shape index (κ3) is 3.98. The van der Waals surface area contributed by atoms with Crippen LogP contribution in [0.4, 0.5) is 22.0 Å². The number of aromatic nitrogens is 2. The van der Waals surface area contributed by atoms with Gasteiger partial charge in [0, 0.05) is 29.4 Å². The Morgan fingerprint density at radius 1 is 1.32 bits per heavy atom. The molecule has 1 fully saturated rings. The van der Waals surface area contributed by atoms with E-state index in [2.05, 4.69) is 15.2 Å². The first-order chi connectivity index (χ1) is 13.6. The number of nitrogens with one attached hydrogen (secondary N) is 1. The highest BCUT2D eigenvalue weighted by Gasteiger charge is 2.32. The lowest BCUT2D eigenvalue weighted by Crippen LogP contribution is -2.36. The van der Waals surface area contributed by atoms with E-state index < -0.39 is 17.1 Å². The quantitative estimate of drug-likeness (QED) is 0.605. The van der Waals surface area contributed by atoms with Gasteiger partial charge in [-0.3, -0.25) is 9.88 Å². The monoisotopic (exact) mass is 389 g/mol. The van der Waals surface area contributed by atoms with Gasteiger partial charge in [0.1, 0.15) is 12.8 Å². The number of ether oxygens (including phenoxy) is 3. The van der Waals surface area contributed by atoms with Gasteiger partial charge in [-0.05, 0) is 29.2 Å². The summed E-state index contributed by atoms with van der Waals surface area (Å²) in [6.45, 7) is 3.45. The van der Waals surface area contributed by atoms with E-state index in [4.69, 9.17) is 14.2 Å². The summed E-state index contributed by atoms with van der Waals surface area (Å²) in [6.07, 6.45) is 0.266. The first-order valence-corrected chi connectivity index (χ1v) is 8.83. The molecule has 0 bridgehead atoms. The van der Waals surface area contributed by atoms with Crippen molar-refractivity contribution in [3.05, 3.63) is 40.6 Å². The van der Waals surface area contributed by atoms with Crippen molar-refractivity contribution >= 4 is 23.3 Å². The van der Waals surface area contributed by atoms with E-state index in [1.807, 2.05) is 24.3 Å². The van der Waals surface area contributed by atoms with Crippen LogP contribution in [0.5, 0.6) is 6.01 Å². The lowest BCUT2D eigenvalue weighted by molar-refractivity contribution is -0.389. The molecule has 1 atom stereocenters. The van der Waals surface area contributed by atoms with Crippen molar-refractivity contribution in [3.8, 4) is 6.01 Å². The summed E-state index contributed by atoms with van der Waals surface area (Å²) >= 11 is 0. The van der Waals surface area contributed by atoms with Gasteiger partial charge in [0.15, 0.2) is 6.10 Å². The maximum atomic E-state index is 12.0. The van der Waals surface area contributed by atoms with E-state index in [0.29, 0.717) is 25.4 Å². The van der Waals surface area contributed by atoms with Gasteiger partial charge >= 0.3 is 17.9 Å². The van der Waals surface area contributed by atoms with Crippen LogP contribution in [0.1, 0.15) is 0 Å². The summed E-state index contributed by atoms with van der Waals surface area (Å²) in [5.41, 5.74) is 1.70. The number of nitrogens with zero attached hydrogens (tertiary/aromatic N) is 4. The highest BCUT2D eigenvalue weighted by molar-refractivity contribution is 5.84. The number of fused-ring (bicyclic) bond motifs is 1. The van der Waals surface area contributed by atoms with Crippen LogP contribution in [0.2, 0.25) is 0 Å². The predicted molar refractivity (Wildman–Crippen MR) is 97.7 cm³/mol. The third-order valence-corrected chi connectivity index (χ3v) is 4.48. The van der Waals surface area contributed by atoms with Crippen LogP contribution >= 0.6 is 0 Å². The van der Waals surface area contributed by atoms with Gasteiger partial charge in [-0.1, -0.05) is 0 Å². The van der Waals surface area contributed by atoms with E-state index in [0.717, 1.165) is 18.8 Å². The average molecular weight is 389 g/mol. The lowest BCUT2D eigenvalue weighted by atomic mass is 10.2. The second-order valence-electron chi connectivity index (χ2n) is 6.40. The molecule has 148 valence electrons. The molecular formula is C17H19N5O6. The molecule has 28 heavy (non-hydrogen) atoms. The Kier molecular flexibility index (Phi) is 4.98. The normalized spacial score (nSPS) is 18.3. The SMILES string of the molecule is O=C(Nc1ccc(N2CCOCC2)cc1)OCC1Cn2cc([N+](=O)[O-])nc2O1. The van der Waals surface area contributed by atoms with Crippen molar-refractivity contribution in [2.24, 2.45) is 0 Å². The fraction of sp³-hybridized carbons (Fsp3) is 0.412. The number of morpholine rings is 1. The molecule has 0 radical (unpaired) electrons. The Morgan fingerprint density at radius 3 is 2.75 bits per heavy atom. The smallest absolute Gasteiger partial charge is 0.414 e. The topological polar surface area (TPSA) is 121 Å². The molecule has 0 saturated carbocycles. The zero-order chi connectivity index (χ0) is 19.5. The van der Waals surface area contributed by atoms with E-state index in [9.17, 15) is 14.9 Å². The number of anilines is 2. The van der Waals surface area contributed by atoms with E-state index in [-0.39, 0.29) is 18.4 Å². The molecule has 1 unspecified atom stereocenters. The number of benzene rings is 1. The minimum Gasteiger partial charge on any atom is -0.445 e. The molecule has 0 spiro atoms. The third-order valence-electron chi connectivity index (χ3n) is 4.48. The zero-order valence-electron chi connectivity index (χ0n) is 14.9. The predicted octanol–water partition coefficient (Wildman–Crippen LogP) is 1.64. The number of imidazole rings is 1. The summed E-state index contributed by atoms with van der Waals surface area (Å²) in [4.78, 5) is 28.0. The molecule has 1 amide bonds. The van der Waals surface area contributed by atoms with Crippen LogP contribution in [0.25, 0.3) is 0 Å². The molecule has 1 saturated heterocycles. The van der Waals surface area contributed by atoms with Crippen molar-refractivity contribution in [2.45, 2.75) is 12.6 Å². The fourth-order valence-corrected chi connectivity index (χ4v) is 3.09. The zero-order valence-corrected chi connectivity index (χ0v) is 14.9. The molecule has 4 rings (SSSR count). The standard InChI is InChI=1S/C17H19N5O6/c23-17(18-12-1-3-13(4-2-12)20-5-7-26-8-6-20)27-11-14-9-21-10-15(22(24)25)19-16(21)28-14/h1-4,10,14H,5-9,11H2,(H,18,23). The first-order valence-electron chi connectivity index (χ1n) is 8.83. The number of hydrogen-bond donors (Lipinski definition) is 1. The van der Waals surface area contributed by atoms with Gasteiger partial charge in [-0.2, -0.15) is 0 Å². The average Bonchev–Trinajstić information content (AvgIpc) is 3.27. The van der Waals surface area contributed by atoms with Crippen LogP contribution in [0, 0.1) is 10.1 Å². The minimum atomic E-state index is -0.599. The van der Waals surface area contributed by atoms with Gasteiger partial charge in [0.25, 0.3) is 0 Å². The van der Waals surface area contributed by atoms with Gasteiger partial charge < -0.3 is 29.2 Å². The molecule has 1 aromatic heterocycles. The summed E-state index contributed by atoms with van der Waals surface area (Å²) in [5.74, 6) is -0.271. The molecule has 2 aliphatic heterocycles. The number of carbonyl (C=O) groups excluding carboxylic acids is 1. The van der Waals surface area contributed by atoms with Crippen molar-refractivity contribution < 1.29 is 23.9 Å². The number of hydrogen-bond acceptors (Lipinski definition) is 8. The van der Waals surface area contributed by atoms with Crippen molar-refractivity contribution in [1.82, 2.24) is 9.55 Å². The number of amides is 1. The maximum absolute atomic E-state index is 12.0. The van der Waals surface area contributed by atoms with Gasteiger partial charge in [0.05, 0.1) is 19.8 Å². The molecule has 11 nitrogen and oxygen atoms in total. The lowest BCUT2D eigenvalue weighted by Gasteiger charge is -2.28. The van der Waals surface area contributed by atoms with Crippen molar-refractivity contribution in [3.63, 3.8) is 0 Å². The van der Waals surface area contributed by atoms with Gasteiger partial charge in [-0.25, -0.2) is 4.79 Å². The van der Waals surface area contributed by atoms with E-state index in [1.54, 1.807) is 0 Å². The Morgan fingerprint density at radius 2 is 2.07 bits per heavy atom. The van der Waals surface area contributed by atoms with Crippen LogP contribution in [0.3, 0.4) is 0 Å². The van der Waals surface area contributed by atoms with Crippen LogP contribution in [0.15, 0.2) is 30.5 Å². The van der Waals surface area contributed by atoms with E-state index in [1.165, 1.54) is 10.8 Å². The summed E-state index contributed by atoms with van der Waals surface area (Å²) < 4.78 is 17.5. The Balaban J connectivity index is 1.23. The maximum Gasteiger partial charge on any atom is 0.414 e. The van der Waals surface area contributed by atoms with Crippen molar-refractivity contribution in [1.29, 1.82) is 0 Å². The second kappa shape index (κ2) is 7.72. The summed E-state index contributed by atoms with van der Waals surface area (Å²) in [5, 5.41) is 13.3. The second-order valence-corrected chi connectivity index (χ2v) is 6.40. The molecule has 1 N–H and O–H groups in total. The number of rotatable bonds is 5. The highest BCUT2D eigenvalue weighted by Crippen LogP contribution is 2.25.